The molecule has 7 nitrogen and oxygen atoms in total. The molecule has 2 amide bonds. The summed E-state index contributed by atoms with van der Waals surface area (Å²) in [5.41, 5.74) is 5.24. The molecular formula is C16H25N3O4S2. The third-order valence-electron chi connectivity index (χ3n) is 4.47. The van der Waals surface area contributed by atoms with Crippen LogP contribution >= 0.6 is 11.3 Å². The number of amides is 2. The predicted molar refractivity (Wildman–Crippen MR) is 96.9 cm³/mol. The number of sulfonamides is 1. The monoisotopic (exact) mass is 387 g/mol. The van der Waals surface area contributed by atoms with Crippen LogP contribution in [0.15, 0.2) is 16.3 Å². The average molecular weight is 388 g/mol. The molecule has 0 bridgehead atoms. The van der Waals surface area contributed by atoms with Crippen molar-refractivity contribution in [2.24, 2.45) is 5.73 Å². The van der Waals surface area contributed by atoms with Gasteiger partial charge in [0.15, 0.2) is 0 Å². The first kappa shape index (κ1) is 19.9. The van der Waals surface area contributed by atoms with Gasteiger partial charge in [0.05, 0.1) is 9.77 Å². The van der Waals surface area contributed by atoms with Crippen molar-refractivity contribution in [2.75, 3.05) is 19.6 Å². The van der Waals surface area contributed by atoms with Gasteiger partial charge in [0.1, 0.15) is 0 Å². The summed E-state index contributed by atoms with van der Waals surface area (Å²) >= 11 is 1.04. The number of unbranched alkanes of at least 4 members (excludes halogenated alkanes) is 1. The molecule has 2 N–H and O–H groups in total. The quantitative estimate of drug-likeness (QED) is 0.768. The van der Waals surface area contributed by atoms with Gasteiger partial charge in [0.2, 0.25) is 15.9 Å². The van der Waals surface area contributed by atoms with E-state index in [1.165, 1.54) is 18.4 Å². The van der Waals surface area contributed by atoms with Crippen LogP contribution in [0.2, 0.25) is 0 Å². The first-order valence-corrected chi connectivity index (χ1v) is 10.7. The molecule has 1 aromatic rings. The fourth-order valence-corrected chi connectivity index (χ4v) is 5.84. The third kappa shape index (κ3) is 4.59. The molecule has 0 saturated carbocycles. The maximum absolute atomic E-state index is 13.1. The minimum Gasteiger partial charge on any atom is -0.365 e. The van der Waals surface area contributed by atoms with E-state index in [4.69, 9.17) is 5.73 Å². The zero-order valence-corrected chi connectivity index (χ0v) is 16.2. The molecule has 0 radical (unpaired) electrons. The van der Waals surface area contributed by atoms with Crippen LogP contribution in [-0.2, 0) is 14.8 Å². The Labute approximate surface area is 152 Å². The van der Waals surface area contributed by atoms with Gasteiger partial charge in [0, 0.05) is 38.0 Å². The Kier molecular flexibility index (Phi) is 6.59. The smallest absolute Gasteiger partial charge is 0.258 e. The molecule has 0 spiro atoms. The van der Waals surface area contributed by atoms with Gasteiger partial charge in [-0.15, -0.1) is 11.3 Å². The lowest BCUT2D eigenvalue weighted by molar-refractivity contribution is -0.130. The van der Waals surface area contributed by atoms with Crippen molar-refractivity contribution in [3.63, 3.8) is 0 Å². The van der Waals surface area contributed by atoms with Crippen LogP contribution in [0.1, 0.15) is 49.2 Å². The van der Waals surface area contributed by atoms with Crippen LogP contribution in [-0.4, -0.2) is 55.1 Å². The number of nitrogens with two attached hydrogens (primary N) is 1. The Bertz CT molecular complexity index is 721. The molecule has 2 rings (SSSR count). The highest BCUT2D eigenvalue weighted by atomic mass is 32.2. The molecule has 2 heterocycles. The van der Waals surface area contributed by atoms with Crippen molar-refractivity contribution in [3.8, 4) is 0 Å². The molecule has 1 aliphatic rings. The van der Waals surface area contributed by atoms with Crippen LogP contribution in [0.4, 0.5) is 0 Å². The molecule has 0 unspecified atom stereocenters. The molecule has 0 aromatic carbocycles. The van der Waals surface area contributed by atoms with E-state index in [1.54, 1.807) is 9.21 Å². The first-order chi connectivity index (χ1) is 11.8. The predicted octanol–water partition coefficient (Wildman–Crippen LogP) is 1.65. The zero-order chi connectivity index (χ0) is 18.6. The number of carbonyl (C=O) groups excluding carboxylic acids is 2. The molecular weight excluding hydrogens is 362 g/mol. The maximum atomic E-state index is 13.1. The Balaban J connectivity index is 2.23. The molecule has 25 heavy (non-hydrogen) atoms. The lowest BCUT2D eigenvalue weighted by Gasteiger charge is -2.37. The normalized spacial score (nSPS) is 16.4. The van der Waals surface area contributed by atoms with Crippen molar-refractivity contribution in [1.82, 2.24) is 9.21 Å². The van der Waals surface area contributed by atoms with E-state index in [2.05, 4.69) is 0 Å². The highest BCUT2D eigenvalue weighted by molar-refractivity contribution is 7.89. The van der Waals surface area contributed by atoms with Crippen molar-refractivity contribution < 1.29 is 18.0 Å². The number of nitrogens with zero attached hydrogens (tertiary/aromatic N) is 2. The van der Waals surface area contributed by atoms with Gasteiger partial charge in [-0.05, 0) is 25.3 Å². The largest absolute Gasteiger partial charge is 0.365 e. The summed E-state index contributed by atoms with van der Waals surface area (Å²) < 4.78 is 27.7. The van der Waals surface area contributed by atoms with E-state index in [1.807, 2.05) is 6.92 Å². The van der Waals surface area contributed by atoms with E-state index in [-0.39, 0.29) is 21.7 Å². The van der Waals surface area contributed by atoms with E-state index in [0.29, 0.717) is 32.5 Å². The van der Waals surface area contributed by atoms with Gasteiger partial charge in [0.25, 0.3) is 5.91 Å². The second kappa shape index (κ2) is 8.29. The molecule has 0 aliphatic carbocycles. The summed E-state index contributed by atoms with van der Waals surface area (Å²) in [6, 6.07) is 1.22. The Morgan fingerprint density at radius 1 is 1.36 bits per heavy atom. The summed E-state index contributed by atoms with van der Waals surface area (Å²) in [6.45, 7) is 5.11. The summed E-state index contributed by atoms with van der Waals surface area (Å²) in [7, 11) is -3.69. The minimum atomic E-state index is -3.69. The van der Waals surface area contributed by atoms with Gasteiger partial charge in [-0.1, -0.05) is 13.3 Å². The number of hydrogen-bond donors (Lipinski definition) is 1. The molecule has 1 aromatic heterocycles. The SMILES string of the molecule is CCCCN(C1CCN(C(C)=O)CC1)S(=O)(=O)c1csc(C(N)=O)c1. The number of piperidine rings is 1. The van der Waals surface area contributed by atoms with E-state index < -0.39 is 15.9 Å². The highest BCUT2D eigenvalue weighted by Gasteiger charge is 2.34. The Hall–Kier alpha value is -1.45. The molecule has 1 fully saturated rings. The van der Waals surface area contributed by atoms with E-state index in [9.17, 15) is 18.0 Å². The van der Waals surface area contributed by atoms with Gasteiger partial charge in [-0.25, -0.2) is 8.42 Å². The average Bonchev–Trinajstić information content (AvgIpc) is 3.06. The third-order valence-corrected chi connectivity index (χ3v) is 7.50. The Morgan fingerprint density at radius 2 is 2.00 bits per heavy atom. The number of likely N-dealkylation sites (tertiary alicyclic amines) is 1. The van der Waals surface area contributed by atoms with Crippen LogP contribution in [0.25, 0.3) is 0 Å². The minimum absolute atomic E-state index is 0.0188. The van der Waals surface area contributed by atoms with Crippen LogP contribution in [0.5, 0.6) is 0 Å². The van der Waals surface area contributed by atoms with Gasteiger partial charge >= 0.3 is 0 Å². The van der Waals surface area contributed by atoms with Crippen LogP contribution in [0, 0.1) is 0 Å². The summed E-state index contributed by atoms with van der Waals surface area (Å²) in [4.78, 5) is 24.9. The van der Waals surface area contributed by atoms with Crippen LogP contribution < -0.4 is 5.73 Å². The lowest BCUT2D eigenvalue weighted by Crippen LogP contribution is -2.48. The number of hydrogen-bond acceptors (Lipinski definition) is 5. The van der Waals surface area contributed by atoms with Gasteiger partial charge < -0.3 is 10.6 Å². The second-order valence-electron chi connectivity index (χ2n) is 6.22. The number of rotatable bonds is 7. The Morgan fingerprint density at radius 3 is 2.48 bits per heavy atom. The molecule has 0 atom stereocenters. The number of carbonyl (C=O) groups is 2. The van der Waals surface area contributed by atoms with E-state index in [0.717, 1.165) is 24.2 Å². The molecule has 140 valence electrons. The fraction of sp³-hybridized carbons (Fsp3) is 0.625. The molecule has 9 heteroatoms. The maximum Gasteiger partial charge on any atom is 0.258 e. The van der Waals surface area contributed by atoms with Crippen molar-refractivity contribution in [3.05, 3.63) is 16.3 Å². The topological polar surface area (TPSA) is 101 Å². The molecule has 1 saturated heterocycles. The van der Waals surface area contributed by atoms with Gasteiger partial charge in [-0.2, -0.15) is 4.31 Å². The zero-order valence-electron chi connectivity index (χ0n) is 14.6. The number of primary amides is 1. The highest BCUT2D eigenvalue weighted by Crippen LogP contribution is 2.28. The molecule has 1 aliphatic heterocycles. The second-order valence-corrected chi connectivity index (χ2v) is 9.02. The first-order valence-electron chi connectivity index (χ1n) is 8.43. The van der Waals surface area contributed by atoms with E-state index >= 15 is 0 Å². The van der Waals surface area contributed by atoms with Crippen molar-refractivity contribution in [1.29, 1.82) is 0 Å². The standard InChI is InChI=1S/C16H25N3O4S2/c1-3-4-7-19(13-5-8-18(9-6-13)12(2)20)25(22,23)14-10-15(16(17)21)24-11-14/h10-11,13H,3-9H2,1-2H3,(H2,17,21). The van der Waals surface area contributed by atoms with Crippen molar-refractivity contribution in [2.45, 2.75) is 50.5 Å². The summed E-state index contributed by atoms with van der Waals surface area (Å²) in [5.74, 6) is -0.605. The van der Waals surface area contributed by atoms with Crippen molar-refractivity contribution >= 4 is 33.2 Å². The fourth-order valence-electron chi connectivity index (χ4n) is 3.00. The van der Waals surface area contributed by atoms with Crippen LogP contribution in [0.3, 0.4) is 0 Å². The summed E-state index contributed by atoms with van der Waals surface area (Å²) in [5, 5.41) is 1.47. The summed E-state index contributed by atoms with van der Waals surface area (Å²) in [6.07, 6.45) is 2.89. The lowest BCUT2D eigenvalue weighted by atomic mass is 10.0. The van der Waals surface area contributed by atoms with Gasteiger partial charge in [-0.3, -0.25) is 9.59 Å². The number of thiophene rings is 1.